The third kappa shape index (κ3) is 4.53. The normalized spacial score (nSPS) is 12.8. The lowest BCUT2D eigenvalue weighted by atomic mass is 9.84. The van der Waals surface area contributed by atoms with E-state index in [1.807, 2.05) is 20.8 Å². The van der Waals surface area contributed by atoms with Crippen LogP contribution >= 0.6 is 0 Å². The van der Waals surface area contributed by atoms with Crippen LogP contribution in [0.15, 0.2) is 18.3 Å². The van der Waals surface area contributed by atoms with Crippen molar-refractivity contribution in [1.29, 1.82) is 0 Å². The van der Waals surface area contributed by atoms with Gasteiger partial charge in [-0.25, -0.2) is 0 Å². The molecule has 19 heavy (non-hydrogen) atoms. The molecule has 0 radical (unpaired) electrons. The number of aromatic nitrogens is 1. The molecule has 0 amide bonds. The lowest BCUT2D eigenvalue weighted by Crippen LogP contribution is -2.36. The zero-order valence-electron chi connectivity index (χ0n) is 11.1. The van der Waals surface area contributed by atoms with Crippen molar-refractivity contribution in [2.45, 2.75) is 33.2 Å². The second-order valence-corrected chi connectivity index (χ2v) is 5.32. The van der Waals surface area contributed by atoms with E-state index in [0.717, 1.165) is 0 Å². The third-order valence-electron chi connectivity index (χ3n) is 2.70. The Morgan fingerprint density at radius 3 is 2.53 bits per heavy atom. The second-order valence-electron chi connectivity index (χ2n) is 5.32. The van der Waals surface area contributed by atoms with Crippen molar-refractivity contribution in [3.63, 3.8) is 0 Å². The number of anilines is 1. The van der Waals surface area contributed by atoms with E-state index < -0.39 is 10.9 Å². The topological polar surface area (TPSA) is 105 Å². The number of carbonyl (C=O) groups is 1. The fraction of sp³-hybridized carbons (Fsp3) is 0.500. The zero-order chi connectivity index (χ0) is 14.6. The Hall–Kier alpha value is -2.18. The van der Waals surface area contributed by atoms with Crippen molar-refractivity contribution in [2.75, 3.05) is 5.32 Å². The molecular weight excluding hydrogens is 250 g/mol. The number of aliphatic carboxylic acids is 1. The van der Waals surface area contributed by atoms with E-state index in [2.05, 4.69) is 10.3 Å². The molecule has 2 N–H and O–H groups in total. The number of carboxylic acid groups (broad SMARTS) is 1. The summed E-state index contributed by atoms with van der Waals surface area (Å²) in [6, 6.07) is 2.50. The fourth-order valence-corrected chi connectivity index (χ4v) is 1.53. The summed E-state index contributed by atoms with van der Waals surface area (Å²) >= 11 is 0. The molecule has 0 aliphatic heterocycles. The van der Waals surface area contributed by atoms with Gasteiger partial charge in [0.1, 0.15) is 0 Å². The Morgan fingerprint density at radius 1 is 1.53 bits per heavy atom. The Morgan fingerprint density at radius 2 is 2.16 bits per heavy atom. The van der Waals surface area contributed by atoms with E-state index in [1.54, 1.807) is 0 Å². The molecule has 7 nitrogen and oxygen atoms in total. The summed E-state index contributed by atoms with van der Waals surface area (Å²) in [6.45, 7) is 5.77. The molecule has 1 atom stereocenters. The molecule has 1 aromatic heterocycles. The molecule has 0 saturated heterocycles. The SMILES string of the molecule is CC(C)(C)C(CC(=O)O)Nc1ccc([N+](=O)[O-])nc1. The molecule has 0 aromatic carbocycles. The van der Waals surface area contributed by atoms with Crippen molar-refractivity contribution < 1.29 is 14.8 Å². The monoisotopic (exact) mass is 267 g/mol. The molecule has 1 unspecified atom stereocenters. The number of hydrogen-bond donors (Lipinski definition) is 2. The molecule has 0 fully saturated rings. The summed E-state index contributed by atoms with van der Waals surface area (Å²) in [5.41, 5.74) is 0.298. The number of carboxylic acids is 1. The van der Waals surface area contributed by atoms with Gasteiger partial charge < -0.3 is 20.5 Å². The maximum Gasteiger partial charge on any atom is 0.363 e. The first kappa shape index (κ1) is 14.9. The molecule has 0 saturated carbocycles. The predicted octanol–water partition coefficient (Wildman–Crippen LogP) is 2.29. The molecule has 0 spiro atoms. The van der Waals surface area contributed by atoms with Gasteiger partial charge in [0, 0.05) is 12.1 Å². The molecule has 1 heterocycles. The summed E-state index contributed by atoms with van der Waals surface area (Å²) in [6.07, 6.45) is 1.29. The van der Waals surface area contributed by atoms with Gasteiger partial charge >= 0.3 is 11.8 Å². The third-order valence-corrected chi connectivity index (χ3v) is 2.70. The fourth-order valence-electron chi connectivity index (χ4n) is 1.53. The molecule has 7 heteroatoms. The number of rotatable bonds is 5. The number of nitrogens with one attached hydrogen (secondary N) is 1. The van der Waals surface area contributed by atoms with E-state index >= 15 is 0 Å². The molecule has 104 valence electrons. The van der Waals surface area contributed by atoms with E-state index in [1.165, 1.54) is 18.3 Å². The Bertz CT molecular complexity index is 465. The second kappa shape index (κ2) is 5.64. The van der Waals surface area contributed by atoms with Crippen molar-refractivity contribution in [3.8, 4) is 0 Å². The minimum Gasteiger partial charge on any atom is -0.481 e. The van der Waals surface area contributed by atoms with E-state index in [4.69, 9.17) is 5.11 Å². The first-order chi connectivity index (χ1) is 8.70. The van der Waals surface area contributed by atoms with Crippen LogP contribution in [0.1, 0.15) is 27.2 Å². The highest BCUT2D eigenvalue weighted by atomic mass is 16.6. The van der Waals surface area contributed by atoms with Crippen LogP contribution in [0, 0.1) is 15.5 Å². The Kier molecular flexibility index (Phi) is 4.42. The van der Waals surface area contributed by atoms with Crippen molar-refractivity contribution in [1.82, 2.24) is 4.98 Å². The predicted molar refractivity (Wildman–Crippen MR) is 70.0 cm³/mol. The Labute approximate surface area is 110 Å². The van der Waals surface area contributed by atoms with Crippen molar-refractivity contribution in [2.24, 2.45) is 5.41 Å². The highest BCUT2D eigenvalue weighted by molar-refractivity contribution is 5.68. The van der Waals surface area contributed by atoms with Gasteiger partial charge in [-0.2, -0.15) is 0 Å². The summed E-state index contributed by atoms with van der Waals surface area (Å²) < 4.78 is 0. The average molecular weight is 267 g/mol. The molecule has 1 rings (SSSR count). The summed E-state index contributed by atoms with van der Waals surface area (Å²) in [4.78, 5) is 24.4. The van der Waals surface area contributed by atoms with Gasteiger partial charge in [-0.05, 0) is 21.4 Å². The standard InChI is InChI=1S/C12H17N3O4/c1-12(2,3)9(6-11(16)17)14-8-4-5-10(13-7-8)15(18)19/h4-5,7,9,14H,6H2,1-3H3,(H,16,17). The lowest BCUT2D eigenvalue weighted by Gasteiger charge is -2.30. The quantitative estimate of drug-likeness (QED) is 0.626. The highest BCUT2D eigenvalue weighted by Crippen LogP contribution is 2.25. The summed E-state index contributed by atoms with van der Waals surface area (Å²) in [5, 5.41) is 22.4. The number of nitro groups is 1. The maximum atomic E-state index is 10.8. The Balaban J connectivity index is 2.84. The van der Waals surface area contributed by atoms with Crippen molar-refractivity contribution in [3.05, 3.63) is 28.4 Å². The van der Waals surface area contributed by atoms with Crippen LogP contribution in [0.5, 0.6) is 0 Å². The van der Waals surface area contributed by atoms with Gasteiger partial charge in [0.2, 0.25) is 0 Å². The lowest BCUT2D eigenvalue weighted by molar-refractivity contribution is -0.389. The van der Waals surface area contributed by atoms with E-state index in [0.29, 0.717) is 5.69 Å². The largest absolute Gasteiger partial charge is 0.481 e. The number of nitrogens with zero attached hydrogens (tertiary/aromatic N) is 2. The first-order valence-electron chi connectivity index (χ1n) is 5.79. The molecule has 0 aliphatic carbocycles. The van der Waals surface area contributed by atoms with Crippen LogP contribution in [0.3, 0.4) is 0 Å². The number of hydrogen-bond acceptors (Lipinski definition) is 5. The first-order valence-corrected chi connectivity index (χ1v) is 5.79. The van der Waals surface area contributed by atoms with Crippen LogP contribution in [-0.2, 0) is 4.79 Å². The molecular formula is C12H17N3O4. The van der Waals surface area contributed by atoms with Gasteiger partial charge in [-0.15, -0.1) is 0 Å². The smallest absolute Gasteiger partial charge is 0.363 e. The van der Waals surface area contributed by atoms with Crippen LogP contribution in [-0.4, -0.2) is 27.0 Å². The van der Waals surface area contributed by atoms with E-state index in [9.17, 15) is 14.9 Å². The minimum absolute atomic E-state index is 0.0412. The van der Waals surface area contributed by atoms with E-state index in [-0.39, 0.29) is 23.7 Å². The van der Waals surface area contributed by atoms with Crippen LogP contribution < -0.4 is 5.32 Å². The maximum absolute atomic E-state index is 10.8. The van der Waals surface area contributed by atoms with Gasteiger partial charge in [-0.1, -0.05) is 20.8 Å². The van der Waals surface area contributed by atoms with Gasteiger partial charge in [0.15, 0.2) is 6.20 Å². The van der Waals surface area contributed by atoms with Gasteiger partial charge in [0.25, 0.3) is 0 Å². The van der Waals surface area contributed by atoms with Gasteiger partial charge in [0.05, 0.1) is 12.1 Å². The number of pyridine rings is 1. The van der Waals surface area contributed by atoms with Crippen LogP contribution in [0.4, 0.5) is 11.5 Å². The summed E-state index contributed by atoms with van der Waals surface area (Å²) in [7, 11) is 0. The van der Waals surface area contributed by atoms with Gasteiger partial charge in [-0.3, -0.25) is 4.79 Å². The van der Waals surface area contributed by atoms with Crippen LogP contribution in [0.2, 0.25) is 0 Å². The van der Waals surface area contributed by atoms with Crippen LogP contribution in [0.25, 0.3) is 0 Å². The molecule has 1 aromatic rings. The molecule has 0 aliphatic rings. The molecule has 0 bridgehead atoms. The summed E-state index contributed by atoms with van der Waals surface area (Å²) in [5.74, 6) is -1.14. The zero-order valence-corrected chi connectivity index (χ0v) is 11.1. The van der Waals surface area contributed by atoms with Crippen molar-refractivity contribution >= 4 is 17.5 Å². The average Bonchev–Trinajstić information content (AvgIpc) is 2.27. The highest BCUT2D eigenvalue weighted by Gasteiger charge is 2.27. The minimum atomic E-state index is -0.901.